The van der Waals surface area contributed by atoms with Crippen molar-refractivity contribution in [2.75, 3.05) is 0 Å². The van der Waals surface area contributed by atoms with Crippen LogP contribution in [0.1, 0.15) is 97.8 Å². The van der Waals surface area contributed by atoms with Gasteiger partial charge in [-0.25, -0.2) is 0 Å². The summed E-state index contributed by atoms with van der Waals surface area (Å²) < 4.78 is 6.03. The SMILES string of the molecule is CCCCC(=O)O[C@H]1CC[C@H]2[C@@H]3CC[C@H]4CC(=O)CC[C@]4(C)[C@H]3CC[C@]12C. The van der Waals surface area contributed by atoms with Gasteiger partial charge in [0.25, 0.3) is 0 Å². The molecule has 0 spiro atoms. The Kier molecular flexibility index (Phi) is 5.18. The van der Waals surface area contributed by atoms with Gasteiger partial charge in [-0.15, -0.1) is 0 Å². The number of esters is 1. The minimum atomic E-state index is 0.0207. The molecule has 27 heavy (non-hydrogen) atoms. The summed E-state index contributed by atoms with van der Waals surface area (Å²) in [4.78, 5) is 24.3. The molecule has 0 amide bonds. The van der Waals surface area contributed by atoms with Gasteiger partial charge in [-0.2, -0.15) is 0 Å². The predicted octanol–water partition coefficient (Wildman–Crippen LogP) is 5.70. The number of ketones is 1. The summed E-state index contributed by atoms with van der Waals surface area (Å²) in [5.74, 6) is 3.39. The molecule has 3 nitrogen and oxygen atoms in total. The maximum Gasteiger partial charge on any atom is 0.306 e. The smallest absolute Gasteiger partial charge is 0.306 e. The highest BCUT2D eigenvalue weighted by Crippen LogP contribution is 2.66. The molecule has 4 aliphatic carbocycles. The monoisotopic (exact) mass is 374 g/mol. The quantitative estimate of drug-likeness (QED) is 0.593. The van der Waals surface area contributed by atoms with Gasteiger partial charge in [0.15, 0.2) is 0 Å². The number of Topliss-reactive ketones (excluding diaryl/α,β-unsaturated/α-hetero) is 1. The second-order valence-electron chi connectivity index (χ2n) is 10.6. The molecule has 0 saturated heterocycles. The molecule has 0 N–H and O–H groups in total. The van der Waals surface area contributed by atoms with Crippen molar-refractivity contribution in [3.05, 3.63) is 0 Å². The van der Waals surface area contributed by atoms with Crippen molar-refractivity contribution in [1.82, 2.24) is 0 Å². The van der Waals surface area contributed by atoms with Crippen LogP contribution in [-0.2, 0) is 14.3 Å². The molecule has 0 aliphatic heterocycles. The number of fused-ring (bicyclic) bond motifs is 5. The zero-order valence-electron chi connectivity index (χ0n) is 17.6. The normalized spacial score (nSPS) is 46.3. The number of unbranched alkanes of at least 4 members (excludes halogenated alkanes) is 1. The molecule has 0 heterocycles. The zero-order valence-corrected chi connectivity index (χ0v) is 17.6. The third-order valence-corrected chi connectivity index (χ3v) is 9.40. The Morgan fingerprint density at radius 3 is 2.59 bits per heavy atom. The predicted molar refractivity (Wildman–Crippen MR) is 106 cm³/mol. The highest BCUT2D eigenvalue weighted by molar-refractivity contribution is 5.79. The van der Waals surface area contributed by atoms with Gasteiger partial charge in [0, 0.05) is 24.7 Å². The minimum absolute atomic E-state index is 0.0207. The van der Waals surface area contributed by atoms with Crippen LogP contribution in [0.2, 0.25) is 0 Å². The van der Waals surface area contributed by atoms with E-state index in [1.807, 2.05) is 0 Å². The topological polar surface area (TPSA) is 43.4 Å². The molecule has 4 aliphatic rings. The van der Waals surface area contributed by atoms with E-state index in [2.05, 4.69) is 20.8 Å². The summed E-state index contributed by atoms with van der Waals surface area (Å²) >= 11 is 0. The molecule has 7 atom stereocenters. The molecule has 4 fully saturated rings. The van der Waals surface area contributed by atoms with Crippen molar-refractivity contribution >= 4 is 11.8 Å². The highest BCUT2D eigenvalue weighted by Gasteiger charge is 2.61. The first-order valence-electron chi connectivity index (χ1n) is 11.6. The van der Waals surface area contributed by atoms with Crippen molar-refractivity contribution in [2.24, 2.45) is 34.5 Å². The van der Waals surface area contributed by atoms with Gasteiger partial charge in [-0.1, -0.05) is 27.2 Å². The molecule has 3 heteroatoms. The average molecular weight is 375 g/mol. The van der Waals surface area contributed by atoms with Crippen LogP contribution in [0.15, 0.2) is 0 Å². The lowest BCUT2D eigenvalue weighted by Gasteiger charge is -2.60. The summed E-state index contributed by atoms with van der Waals surface area (Å²) in [7, 11) is 0. The Labute approximate surface area is 165 Å². The highest BCUT2D eigenvalue weighted by atomic mass is 16.5. The minimum Gasteiger partial charge on any atom is -0.462 e. The summed E-state index contributed by atoms with van der Waals surface area (Å²) in [6.07, 6.45) is 12.7. The van der Waals surface area contributed by atoms with Crippen molar-refractivity contribution in [3.63, 3.8) is 0 Å². The second kappa shape index (κ2) is 7.19. The standard InChI is InChI=1S/C24H38O3/c1-4-5-6-22(26)27-21-10-9-19-18-8-7-16-15-17(25)11-13-23(16,2)20(18)12-14-24(19,21)3/h16,18-21H,4-15H2,1-3H3/t16-,18-,19-,20-,21-,23-,24-/m0/s1. The Morgan fingerprint density at radius 1 is 1.04 bits per heavy atom. The maximum atomic E-state index is 12.3. The summed E-state index contributed by atoms with van der Waals surface area (Å²) in [6.45, 7) is 7.04. The molecule has 152 valence electrons. The fourth-order valence-electron chi connectivity index (χ4n) is 7.73. The van der Waals surface area contributed by atoms with E-state index in [0.29, 0.717) is 29.5 Å². The van der Waals surface area contributed by atoms with Gasteiger partial charge in [-0.3, -0.25) is 9.59 Å². The third kappa shape index (κ3) is 3.17. The van der Waals surface area contributed by atoms with Crippen LogP contribution in [-0.4, -0.2) is 17.9 Å². The fourth-order valence-corrected chi connectivity index (χ4v) is 7.73. The molecular weight excluding hydrogens is 336 g/mol. The van der Waals surface area contributed by atoms with Crippen LogP contribution in [0.25, 0.3) is 0 Å². The van der Waals surface area contributed by atoms with E-state index in [0.717, 1.165) is 50.4 Å². The van der Waals surface area contributed by atoms with Crippen molar-refractivity contribution in [2.45, 2.75) is 104 Å². The number of rotatable bonds is 4. The van der Waals surface area contributed by atoms with Crippen LogP contribution in [0.5, 0.6) is 0 Å². The first kappa shape index (κ1) is 19.5. The maximum absolute atomic E-state index is 12.3. The summed E-state index contributed by atoms with van der Waals surface area (Å²) in [5, 5.41) is 0. The van der Waals surface area contributed by atoms with Crippen LogP contribution < -0.4 is 0 Å². The van der Waals surface area contributed by atoms with Crippen molar-refractivity contribution in [1.29, 1.82) is 0 Å². The number of ether oxygens (including phenoxy) is 1. The molecule has 4 saturated carbocycles. The van der Waals surface area contributed by atoms with E-state index in [4.69, 9.17) is 4.74 Å². The van der Waals surface area contributed by atoms with Crippen LogP contribution >= 0.6 is 0 Å². The van der Waals surface area contributed by atoms with Gasteiger partial charge in [0.05, 0.1) is 0 Å². The summed E-state index contributed by atoms with van der Waals surface area (Å²) in [5.41, 5.74) is 0.546. The molecule has 4 rings (SSSR count). The van der Waals surface area contributed by atoms with Gasteiger partial charge in [0.1, 0.15) is 11.9 Å². The van der Waals surface area contributed by atoms with Gasteiger partial charge >= 0.3 is 5.97 Å². The van der Waals surface area contributed by atoms with Crippen molar-refractivity contribution < 1.29 is 14.3 Å². The molecular formula is C24H38O3. The van der Waals surface area contributed by atoms with Crippen LogP contribution in [0.4, 0.5) is 0 Å². The average Bonchev–Trinajstić information content (AvgIpc) is 2.97. The van der Waals surface area contributed by atoms with E-state index >= 15 is 0 Å². The first-order valence-corrected chi connectivity index (χ1v) is 11.6. The lowest BCUT2D eigenvalue weighted by Crippen LogP contribution is -2.54. The second-order valence-corrected chi connectivity index (χ2v) is 10.6. The lowest BCUT2D eigenvalue weighted by molar-refractivity contribution is -0.164. The molecule has 0 aromatic rings. The Morgan fingerprint density at radius 2 is 1.81 bits per heavy atom. The Hall–Kier alpha value is -0.860. The first-order chi connectivity index (χ1) is 12.9. The molecule has 0 aromatic heterocycles. The molecule has 0 unspecified atom stereocenters. The van der Waals surface area contributed by atoms with E-state index in [9.17, 15) is 9.59 Å². The number of carbonyl (C=O) groups excluding carboxylic acids is 2. The lowest BCUT2D eigenvalue weighted by atomic mass is 9.45. The van der Waals surface area contributed by atoms with Crippen LogP contribution in [0.3, 0.4) is 0 Å². The van der Waals surface area contributed by atoms with E-state index in [1.54, 1.807) is 0 Å². The Balaban J connectivity index is 1.49. The van der Waals surface area contributed by atoms with Gasteiger partial charge < -0.3 is 4.74 Å². The number of hydrogen-bond donors (Lipinski definition) is 0. The van der Waals surface area contributed by atoms with E-state index in [-0.39, 0.29) is 17.5 Å². The largest absolute Gasteiger partial charge is 0.462 e. The molecule has 0 aromatic carbocycles. The van der Waals surface area contributed by atoms with Crippen molar-refractivity contribution in [3.8, 4) is 0 Å². The number of hydrogen-bond acceptors (Lipinski definition) is 3. The number of carbonyl (C=O) groups is 2. The fraction of sp³-hybridized carbons (Fsp3) is 0.917. The zero-order chi connectivity index (χ0) is 19.2. The molecule has 0 radical (unpaired) electrons. The van der Waals surface area contributed by atoms with Gasteiger partial charge in [-0.05, 0) is 80.5 Å². The summed E-state index contributed by atoms with van der Waals surface area (Å²) in [6, 6.07) is 0. The van der Waals surface area contributed by atoms with Crippen LogP contribution in [0, 0.1) is 34.5 Å². The van der Waals surface area contributed by atoms with E-state index in [1.165, 1.54) is 32.1 Å². The third-order valence-electron chi connectivity index (χ3n) is 9.40. The molecule has 0 bridgehead atoms. The Bertz CT molecular complexity index is 598. The van der Waals surface area contributed by atoms with Gasteiger partial charge in [0.2, 0.25) is 0 Å². The van der Waals surface area contributed by atoms with E-state index < -0.39 is 0 Å².